The minimum Gasteiger partial charge on any atom is -0.496 e. The zero-order valence-electron chi connectivity index (χ0n) is 12.8. The summed E-state index contributed by atoms with van der Waals surface area (Å²) in [6, 6.07) is 3.87. The molecule has 0 aromatic heterocycles. The number of carbonyl (C=O) groups excluding carboxylic acids is 1. The molecule has 0 unspecified atom stereocenters. The van der Waals surface area contributed by atoms with E-state index in [2.05, 4.69) is 4.99 Å². The molecular formula is C16H21NO4. The summed E-state index contributed by atoms with van der Waals surface area (Å²) < 4.78 is 16.1. The third-order valence-electron chi connectivity index (χ3n) is 4.12. The first kappa shape index (κ1) is 15.5. The average molecular weight is 291 g/mol. The van der Waals surface area contributed by atoms with Gasteiger partial charge in [-0.25, -0.2) is 4.79 Å². The van der Waals surface area contributed by atoms with Gasteiger partial charge in [0, 0.05) is 7.11 Å². The van der Waals surface area contributed by atoms with Gasteiger partial charge in [-0.2, -0.15) is 4.99 Å². The summed E-state index contributed by atoms with van der Waals surface area (Å²) in [5, 5.41) is 0. The fourth-order valence-corrected chi connectivity index (χ4v) is 3.05. The van der Waals surface area contributed by atoms with Crippen molar-refractivity contribution in [2.45, 2.75) is 37.8 Å². The van der Waals surface area contributed by atoms with E-state index >= 15 is 0 Å². The van der Waals surface area contributed by atoms with Gasteiger partial charge in [0.05, 0.1) is 31.9 Å². The Balaban J connectivity index is 2.56. The second kappa shape index (κ2) is 6.74. The number of benzene rings is 1. The molecule has 0 atom stereocenters. The van der Waals surface area contributed by atoms with Crippen LogP contribution < -0.4 is 9.47 Å². The first-order valence-corrected chi connectivity index (χ1v) is 7.04. The zero-order valence-corrected chi connectivity index (χ0v) is 12.8. The van der Waals surface area contributed by atoms with Gasteiger partial charge in [0.2, 0.25) is 6.08 Å². The maximum absolute atomic E-state index is 10.8. The fourth-order valence-electron chi connectivity index (χ4n) is 3.05. The Morgan fingerprint density at radius 3 is 2.14 bits per heavy atom. The standard InChI is InChI=1S/C16H21NO4/c1-19-10-13-14(20-2)8-12(9-15(13)21-3)16(17-11-18)6-4-5-7-16/h8-9H,4-7,10H2,1-3H3. The lowest BCUT2D eigenvalue weighted by molar-refractivity contribution is 0.178. The molecule has 0 radical (unpaired) electrons. The molecule has 1 aromatic carbocycles. The molecule has 2 rings (SSSR count). The maximum atomic E-state index is 10.8. The Morgan fingerprint density at radius 1 is 1.14 bits per heavy atom. The molecule has 1 saturated carbocycles. The largest absolute Gasteiger partial charge is 0.496 e. The van der Waals surface area contributed by atoms with Gasteiger partial charge in [0.25, 0.3) is 0 Å². The Hall–Kier alpha value is -1.84. The van der Waals surface area contributed by atoms with Crippen LogP contribution in [0.15, 0.2) is 17.1 Å². The summed E-state index contributed by atoms with van der Waals surface area (Å²) >= 11 is 0. The summed E-state index contributed by atoms with van der Waals surface area (Å²) in [6.07, 6.45) is 5.53. The van der Waals surface area contributed by atoms with Gasteiger partial charge in [-0.1, -0.05) is 12.8 Å². The number of ether oxygens (including phenoxy) is 3. The number of isocyanates is 1. The van der Waals surface area contributed by atoms with Crippen molar-refractivity contribution in [3.05, 3.63) is 23.3 Å². The van der Waals surface area contributed by atoms with Gasteiger partial charge >= 0.3 is 0 Å². The van der Waals surface area contributed by atoms with Gasteiger partial charge < -0.3 is 14.2 Å². The van der Waals surface area contributed by atoms with E-state index in [1.807, 2.05) is 12.1 Å². The number of hydrogen-bond donors (Lipinski definition) is 0. The monoisotopic (exact) mass is 291 g/mol. The van der Waals surface area contributed by atoms with E-state index in [9.17, 15) is 4.79 Å². The van der Waals surface area contributed by atoms with Crippen LogP contribution in [0.4, 0.5) is 0 Å². The molecule has 114 valence electrons. The molecule has 5 heteroatoms. The number of hydrogen-bond acceptors (Lipinski definition) is 5. The van der Waals surface area contributed by atoms with Crippen LogP contribution in [0, 0.1) is 0 Å². The van der Waals surface area contributed by atoms with E-state index in [0.29, 0.717) is 18.1 Å². The SMILES string of the molecule is COCc1c(OC)cc(C2(N=C=O)CCCC2)cc1OC. The van der Waals surface area contributed by atoms with Crippen LogP contribution in [-0.4, -0.2) is 27.4 Å². The van der Waals surface area contributed by atoms with E-state index in [4.69, 9.17) is 14.2 Å². The molecule has 21 heavy (non-hydrogen) atoms. The highest BCUT2D eigenvalue weighted by molar-refractivity contribution is 5.51. The second-order valence-corrected chi connectivity index (χ2v) is 5.23. The Labute approximate surface area is 124 Å². The van der Waals surface area contributed by atoms with Gasteiger partial charge in [0.15, 0.2) is 0 Å². The highest BCUT2D eigenvalue weighted by Gasteiger charge is 2.37. The second-order valence-electron chi connectivity index (χ2n) is 5.23. The first-order chi connectivity index (χ1) is 10.2. The smallest absolute Gasteiger partial charge is 0.235 e. The van der Waals surface area contributed by atoms with Gasteiger partial charge in [-0.15, -0.1) is 0 Å². The third kappa shape index (κ3) is 2.94. The quantitative estimate of drug-likeness (QED) is 0.597. The molecule has 0 saturated heterocycles. The lowest BCUT2D eigenvalue weighted by Crippen LogP contribution is -2.19. The van der Waals surface area contributed by atoms with Crippen LogP contribution in [0.3, 0.4) is 0 Å². The van der Waals surface area contributed by atoms with Crippen molar-refractivity contribution < 1.29 is 19.0 Å². The molecule has 1 aromatic rings. The highest BCUT2D eigenvalue weighted by Crippen LogP contribution is 2.45. The summed E-state index contributed by atoms with van der Waals surface area (Å²) in [6.45, 7) is 0.399. The van der Waals surface area contributed by atoms with Crippen molar-refractivity contribution >= 4 is 6.08 Å². The molecule has 1 aliphatic carbocycles. The van der Waals surface area contributed by atoms with Gasteiger partial charge in [-0.3, -0.25) is 0 Å². The van der Waals surface area contributed by atoms with E-state index in [1.54, 1.807) is 27.4 Å². The molecule has 0 amide bonds. The molecule has 0 aliphatic heterocycles. The molecule has 1 aliphatic rings. The van der Waals surface area contributed by atoms with Crippen molar-refractivity contribution in [2.75, 3.05) is 21.3 Å². The lowest BCUT2D eigenvalue weighted by Gasteiger charge is -2.25. The van der Waals surface area contributed by atoms with E-state index < -0.39 is 5.54 Å². The van der Waals surface area contributed by atoms with Crippen molar-refractivity contribution in [1.29, 1.82) is 0 Å². The number of nitrogens with zero attached hydrogens (tertiary/aromatic N) is 1. The number of aliphatic imine (C=N–C) groups is 1. The van der Waals surface area contributed by atoms with Crippen LogP contribution in [0.5, 0.6) is 11.5 Å². The van der Waals surface area contributed by atoms with E-state index in [-0.39, 0.29) is 0 Å². The molecule has 1 fully saturated rings. The van der Waals surface area contributed by atoms with Crippen molar-refractivity contribution in [1.82, 2.24) is 0 Å². The summed E-state index contributed by atoms with van der Waals surface area (Å²) in [5.74, 6) is 1.39. The Kier molecular flexibility index (Phi) is 4.99. The van der Waals surface area contributed by atoms with Crippen LogP contribution >= 0.6 is 0 Å². The predicted octanol–water partition coefficient (Wildman–Crippen LogP) is 2.96. The zero-order chi connectivity index (χ0) is 15.3. The minimum atomic E-state index is -0.492. The predicted molar refractivity (Wildman–Crippen MR) is 78.5 cm³/mol. The summed E-state index contributed by atoms with van der Waals surface area (Å²) in [7, 11) is 4.85. The number of rotatable bonds is 6. The molecule has 0 N–H and O–H groups in total. The van der Waals surface area contributed by atoms with Crippen LogP contribution in [0.1, 0.15) is 36.8 Å². The molecule has 0 heterocycles. The van der Waals surface area contributed by atoms with Crippen molar-refractivity contribution in [3.8, 4) is 11.5 Å². The summed E-state index contributed by atoms with van der Waals surface area (Å²) in [5.41, 5.74) is 1.31. The van der Waals surface area contributed by atoms with Gasteiger partial charge in [0.1, 0.15) is 11.5 Å². The summed E-state index contributed by atoms with van der Waals surface area (Å²) in [4.78, 5) is 14.9. The maximum Gasteiger partial charge on any atom is 0.235 e. The van der Waals surface area contributed by atoms with E-state index in [0.717, 1.165) is 36.8 Å². The van der Waals surface area contributed by atoms with Gasteiger partial charge in [-0.05, 0) is 30.5 Å². The van der Waals surface area contributed by atoms with Crippen LogP contribution in [0.25, 0.3) is 0 Å². The molecular weight excluding hydrogens is 270 g/mol. The van der Waals surface area contributed by atoms with Crippen LogP contribution in [0.2, 0.25) is 0 Å². The normalized spacial score (nSPS) is 16.3. The molecule has 0 spiro atoms. The topological polar surface area (TPSA) is 57.1 Å². The lowest BCUT2D eigenvalue weighted by atomic mass is 9.87. The number of methoxy groups -OCH3 is 3. The third-order valence-corrected chi connectivity index (χ3v) is 4.12. The molecule has 5 nitrogen and oxygen atoms in total. The van der Waals surface area contributed by atoms with Crippen molar-refractivity contribution in [3.63, 3.8) is 0 Å². The van der Waals surface area contributed by atoms with Crippen molar-refractivity contribution in [2.24, 2.45) is 4.99 Å². The van der Waals surface area contributed by atoms with Crippen LogP contribution in [-0.2, 0) is 21.7 Å². The Morgan fingerprint density at radius 2 is 1.71 bits per heavy atom. The van der Waals surface area contributed by atoms with E-state index in [1.165, 1.54) is 0 Å². The first-order valence-electron chi connectivity index (χ1n) is 7.04. The fraction of sp³-hybridized carbons (Fsp3) is 0.562. The molecule has 0 bridgehead atoms. The minimum absolute atomic E-state index is 0.399. The highest BCUT2D eigenvalue weighted by atomic mass is 16.5. The Bertz CT molecular complexity index is 518. The average Bonchev–Trinajstić information content (AvgIpc) is 2.97.